The van der Waals surface area contributed by atoms with Crippen molar-refractivity contribution in [3.05, 3.63) is 30.1 Å². The van der Waals surface area contributed by atoms with E-state index in [0.717, 1.165) is 17.5 Å². The minimum Gasteiger partial charge on any atom is -0.356 e. The second kappa shape index (κ2) is 5.65. The van der Waals surface area contributed by atoms with Crippen LogP contribution in [0.15, 0.2) is 24.5 Å². The van der Waals surface area contributed by atoms with Gasteiger partial charge in [0.15, 0.2) is 0 Å². The van der Waals surface area contributed by atoms with Gasteiger partial charge in [-0.05, 0) is 29.5 Å². The van der Waals surface area contributed by atoms with Gasteiger partial charge in [0.25, 0.3) is 0 Å². The highest BCUT2D eigenvalue weighted by Crippen LogP contribution is 2.18. The quantitative estimate of drug-likeness (QED) is 0.931. The van der Waals surface area contributed by atoms with E-state index in [4.69, 9.17) is 0 Å². The molecule has 0 atom stereocenters. The van der Waals surface area contributed by atoms with Crippen LogP contribution in [0.1, 0.15) is 32.8 Å². The molecule has 0 saturated heterocycles. The Balaban J connectivity index is 1.88. The Hall–Kier alpha value is -1.84. The predicted molar refractivity (Wildman–Crippen MR) is 81.5 cm³/mol. The van der Waals surface area contributed by atoms with E-state index in [1.165, 1.54) is 5.56 Å². The highest BCUT2D eigenvalue weighted by atomic mass is 16.1. The summed E-state index contributed by atoms with van der Waals surface area (Å²) < 4.78 is 2.00. The molecule has 2 aromatic rings. The average molecular weight is 273 g/mol. The predicted octanol–water partition coefficient (Wildman–Crippen LogP) is 2.67. The maximum absolute atomic E-state index is 11.7. The van der Waals surface area contributed by atoms with Gasteiger partial charge in [-0.2, -0.15) is 0 Å². The summed E-state index contributed by atoms with van der Waals surface area (Å²) in [4.78, 5) is 16.1. The first-order valence-electron chi connectivity index (χ1n) is 7.02. The number of carbonyl (C=O) groups excluding carboxylic acids is 1. The Morgan fingerprint density at radius 1 is 1.35 bits per heavy atom. The summed E-state index contributed by atoms with van der Waals surface area (Å²) in [6.45, 7) is 6.89. The maximum atomic E-state index is 11.7. The van der Waals surface area contributed by atoms with Crippen LogP contribution in [0.4, 0.5) is 0 Å². The average Bonchev–Trinajstić information content (AvgIpc) is 2.68. The molecule has 108 valence electrons. The number of aromatic nitrogens is 2. The Labute approximate surface area is 120 Å². The summed E-state index contributed by atoms with van der Waals surface area (Å²) in [5.74, 6) is 0.122. The molecule has 1 aromatic carbocycles. The molecule has 0 aliphatic carbocycles. The van der Waals surface area contributed by atoms with Crippen molar-refractivity contribution in [3.8, 4) is 0 Å². The van der Waals surface area contributed by atoms with Gasteiger partial charge >= 0.3 is 0 Å². The van der Waals surface area contributed by atoms with Crippen molar-refractivity contribution in [2.45, 2.75) is 33.6 Å². The number of nitrogens with zero attached hydrogens (tertiary/aromatic N) is 2. The zero-order chi connectivity index (χ0) is 14.8. The van der Waals surface area contributed by atoms with E-state index in [2.05, 4.69) is 49.3 Å². The molecule has 0 aliphatic heterocycles. The topological polar surface area (TPSA) is 46.9 Å². The van der Waals surface area contributed by atoms with E-state index in [1.54, 1.807) is 0 Å². The van der Waals surface area contributed by atoms with Crippen molar-refractivity contribution in [2.24, 2.45) is 12.5 Å². The molecule has 0 spiro atoms. The Kier molecular flexibility index (Phi) is 4.12. The molecular weight excluding hydrogens is 250 g/mol. The van der Waals surface area contributed by atoms with Crippen LogP contribution < -0.4 is 5.32 Å². The second-order valence-corrected chi connectivity index (χ2v) is 6.52. The maximum Gasteiger partial charge on any atom is 0.220 e. The van der Waals surface area contributed by atoms with E-state index in [0.29, 0.717) is 13.0 Å². The van der Waals surface area contributed by atoms with E-state index in [9.17, 15) is 4.79 Å². The highest BCUT2D eigenvalue weighted by Gasteiger charge is 2.15. The van der Waals surface area contributed by atoms with E-state index >= 15 is 0 Å². The van der Waals surface area contributed by atoms with Gasteiger partial charge in [-0.25, -0.2) is 4.98 Å². The third kappa shape index (κ3) is 3.83. The number of fused-ring (bicyclic) bond motifs is 1. The Bertz CT molecular complexity index is 608. The zero-order valence-electron chi connectivity index (χ0n) is 12.7. The number of aryl methyl sites for hydroxylation is 1. The zero-order valence-corrected chi connectivity index (χ0v) is 12.7. The number of nitrogens with one attached hydrogen (secondary N) is 1. The highest BCUT2D eigenvalue weighted by molar-refractivity contribution is 5.77. The molecule has 0 fully saturated rings. The summed E-state index contributed by atoms with van der Waals surface area (Å²) in [7, 11) is 1.99. The van der Waals surface area contributed by atoms with Crippen LogP contribution in [0.2, 0.25) is 0 Å². The van der Waals surface area contributed by atoms with Crippen molar-refractivity contribution < 1.29 is 4.79 Å². The Morgan fingerprint density at radius 2 is 2.10 bits per heavy atom. The Morgan fingerprint density at radius 3 is 2.80 bits per heavy atom. The molecule has 0 saturated carbocycles. The monoisotopic (exact) mass is 273 g/mol. The molecule has 4 heteroatoms. The normalized spacial score (nSPS) is 11.8. The van der Waals surface area contributed by atoms with Crippen LogP contribution in [-0.4, -0.2) is 22.0 Å². The summed E-state index contributed by atoms with van der Waals surface area (Å²) in [6, 6.07) is 6.26. The molecule has 0 radical (unpaired) electrons. The van der Waals surface area contributed by atoms with Crippen molar-refractivity contribution in [1.29, 1.82) is 0 Å². The van der Waals surface area contributed by atoms with Crippen LogP contribution in [0.5, 0.6) is 0 Å². The first-order chi connectivity index (χ1) is 9.35. The summed E-state index contributed by atoms with van der Waals surface area (Å²) >= 11 is 0. The molecule has 1 heterocycles. The second-order valence-electron chi connectivity index (χ2n) is 6.52. The van der Waals surface area contributed by atoms with Gasteiger partial charge in [-0.15, -0.1) is 0 Å². The minimum atomic E-state index is 0.0386. The van der Waals surface area contributed by atoms with Crippen molar-refractivity contribution >= 4 is 16.9 Å². The van der Waals surface area contributed by atoms with E-state index in [1.807, 2.05) is 17.9 Å². The first-order valence-corrected chi connectivity index (χ1v) is 7.02. The van der Waals surface area contributed by atoms with E-state index < -0.39 is 0 Å². The van der Waals surface area contributed by atoms with Gasteiger partial charge in [0.2, 0.25) is 5.91 Å². The van der Waals surface area contributed by atoms with Crippen LogP contribution in [0, 0.1) is 5.41 Å². The van der Waals surface area contributed by atoms with E-state index in [-0.39, 0.29) is 11.3 Å². The fourth-order valence-electron chi connectivity index (χ4n) is 2.23. The smallest absolute Gasteiger partial charge is 0.220 e. The summed E-state index contributed by atoms with van der Waals surface area (Å²) in [5.41, 5.74) is 3.38. The fourth-order valence-corrected chi connectivity index (χ4v) is 2.23. The van der Waals surface area contributed by atoms with Crippen molar-refractivity contribution in [1.82, 2.24) is 14.9 Å². The van der Waals surface area contributed by atoms with Gasteiger partial charge in [0, 0.05) is 20.0 Å². The molecule has 0 unspecified atom stereocenters. The largest absolute Gasteiger partial charge is 0.356 e. The van der Waals surface area contributed by atoms with Gasteiger partial charge in [-0.1, -0.05) is 26.8 Å². The minimum absolute atomic E-state index is 0.0386. The number of carbonyl (C=O) groups is 1. The lowest BCUT2D eigenvalue weighted by molar-refractivity contribution is -0.122. The molecule has 20 heavy (non-hydrogen) atoms. The number of hydrogen-bond acceptors (Lipinski definition) is 2. The molecule has 1 aromatic heterocycles. The number of rotatable bonds is 4. The number of hydrogen-bond donors (Lipinski definition) is 1. The molecule has 1 amide bonds. The van der Waals surface area contributed by atoms with Crippen LogP contribution in [0.25, 0.3) is 11.0 Å². The van der Waals surface area contributed by atoms with Crippen LogP contribution in [0.3, 0.4) is 0 Å². The number of amides is 1. The summed E-state index contributed by atoms with van der Waals surface area (Å²) in [6.07, 6.45) is 3.22. The molecule has 2 rings (SSSR count). The lowest BCUT2D eigenvalue weighted by Crippen LogP contribution is -2.29. The third-order valence-electron chi connectivity index (χ3n) is 3.22. The van der Waals surface area contributed by atoms with Crippen molar-refractivity contribution in [2.75, 3.05) is 6.54 Å². The van der Waals surface area contributed by atoms with Crippen LogP contribution in [-0.2, 0) is 18.3 Å². The third-order valence-corrected chi connectivity index (χ3v) is 3.22. The molecule has 0 bridgehead atoms. The van der Waals surface area contributed by atoms with Crippen molar-refractivity contribution in [3.63, 3.8) is 0 Å². The van der Waals surface area contributed by atoms with Gasteiger partial charge in [0.05, 0.1) is 17.4 Å². The standard InChI is InChI=1S/C16H23N3O/c1-16(2,3)10-15(20)17-8-7-12-5-6-14-13(9-12)18-11-19(14)4/h5-6,9,11H,7-8,10H2,1-4H3,(H,17,20). The first kappa shape index (κ1) is 14.6. The SMILES string of the molecule is Cn1cnc2cc(CCNC(=O)CC(C)(C)C)ccc21. The number of benzene rings is 1. The lowest BCUT2D eigenvalue weighted by Gasteiger charge is -2.17. The van der Waals surface area contributed by atoms with Gasteiger partial charge in [0.1, 0.15) is 0 Å². The molecule has 4 nitrogen and oxygen atoms in total. The summed E-state index contributed by atoms with van der Waals surface area (Å²) in [5, 5.41) is 2.98. The van der Waals surface area contributed by atoms with Crippen LogP contribution >= 0.6 is 0 Å². The fraction of sp³-hybridized carbons (Fsp3) is 0.500. The molecular formula is C16H23N3O. The number of imidazole rings is 1. The lowest BCUT2D eigenvalue weighted by atomic mass is 9.92. The molecule has 1 N–H and O–H groups in total. The van der Waals surface area contributed by atoms with Gasteiger partial charge < -0.3 is 9.88 Å². The van der Waals surface area contributed by atoms with Gasteiger partial charge in [-0.3, -0.25) is 4.79 Å². The molecule has 0 aliphatic rings.